The minimum atomic E-state index is -0.265. The van der Waals surface area contributed by atoms with E-state index in [0.717, 1.165) is 11.1 Å². The molecule has 0 fully saturated rings. The second kappa shape index (κ2) is 5.62. The van der Waals surface area contributed by atoms with Crippen LogP contribution in [0.25, 0.3) is 0 Å². The Labute approximate surface area is 102 Å². The highest BCUT2D eigenvalue weighted by atomic mass is 19.1. The van der Waals surface area contributed by atoms with Crippen LogP contribution in [0.5, 0.6) is 0 Å². The van der Waals surface area contributed by atoms with E-state index in [0.29, 0.717) is 0 Å². The van der Waals surface area contributed by atoms with E-state index in [1.54, 1.807) is 30.2 Å². The van der Waals surface area contributed by atoms with Gasteiger partial charge in [-0.05, 0) is 38.5 Å². The molecule has 0 heterocycles. The van der Waals surface area contributed by atoms with Crippen LogP contribution in [0, 0.1) is 5.82 Å². The van der Waals surface area contributed by atoms with Gasteiger partial charge in [0.1, 0.15) is 5.82 Å². The van der Waals surface area contributed by atoms with Crippen LogP contribution in [-0.4, -0.2) is 17.9 Å². The normalized spacial score (nSPS) is 11.8. The minimum absolute atomic E-state index is 0.0400. The fourth-order valence-corrected chi connectivity index (χ4v) is 1.50. The zero-order valence-corrected chi connectivity index (χ0v) is 10.7. The van der Waals surface area contributed by atoms with Crippen molar-refractivity contribution < 1.29 is 9.18 Å². The van der Waals surface area contributed by atoms with Gasteiger partial charge in [-0.1, -0.05) is 17.7 Å². The monoisotopic (exact) mass is 235 g/mol. The number of amides is 1. The molecule has 0 saturated carbocycles. The molecule has 1 unspecified atom stereocenters. The molecule has 0 N–H and O–H groups in total. The molecule has 1 rings (SSSR count). The summed E-state index contributed by atoms with van der Waals surface area (Å²) in [6.07, 6.45) is 1.60. The van der Waals surface area contributed by atoms with Gasteiger partial charge in [-0.15, -0.1) is 0 Å². The summed E-state index contributed by atoms with van der Waals surface area (Å²) in [5.41, 5.74) is 1.89. The van der Waals surface area contributed by atoms with Crippen LogP contribution in [0.4, 0.5) is 4.39 Å². The highest BCUT2D eigenvalue weighted by Crippen LogP contribution is 2.19. The molecule has 0 spiro atoms. The molecule has 0 aliphatic heterocycles. The summed E-state index contributed by atoms with van der Waals surface area (Å²) in [4.78, 5) is 13.4. The first kappa shape index (κ1) is 13.4. The van der Waals surface area contributed by atoms with Crippen molar-refractivity contribution in [1.82, 2.24) is 4.90 Å². The highest BCUT2D eigenvalue weighted by Gasteiger charge is 2.15. The van der Waals surface area contributed by atoms with Gasteiger partial charge in [0.05, 0.1) is 6.04 Å². The third-order valence-corrected chi connectivity index (χ3v) is 2.69. The molecule has 0 aliphatic rings. The van der Waals surface area contributed by atoms with Crippen molar-refractivity contribution in [2.45, 2.75) is 26.8 Å². The first-order valence-corrected chi connectivity index (χ1v) is 5.59. The number of carbonyl (C=O) groups excluding carboxylic acids is 1. The van der Waals surface area contributed by atoms with Gasteiger partial charge in [0.25, 0.3) is 0 Å². The molecule has 0 saturated heterocycles. The smallest absolute Gasteiger partial charge is 0.246 e. The average molecular weight is 235 g/mol. The molecule has 1 atom stereocenters. The fraction of sp³-hybridized carbons (Fsp3) is 0.357. The molecule has 1 amide bonds. The van der Waals surface area contributed by atoms with Gasteiger partial charge in [0.15, 0.2) is 0 Å². The van der Waals surface area contributed by atoms with E-state index in [2.05, 4.69) is 0 Å². The number of hydrogen-bond donors (Lipinski definition) is 0. The summed E-state index contributed by atoms with van der Waals surface area (Å²) < 4.78 is 12.8. The van der Waals surface area contributed by atoms with Crippen LogP contribution < -0.4 is 0 Å². The molecule has 1 aromatic rings. The number of allylic oxidation sites excluding steroid dienone is 1. The van der Waals surface area contributed by atoms with E-state index < -0.39 is 0 Å². The van der Waals surface area contributed by atoms with E-state index >= 15 is 0 Å². The fourth-order valence-electron chi connectivity index (χ4n) is 1.50. The van der Waals surface area contributed by atoms with E-state index in [4.69, 9.17) is 0 Å². The second-order valence-electron chi connectivity index (χ2n) is 4.40. The van der Waals surface area contributed by atoms with Crippen LogP contribution >= 0.6 is 0 Å². The Hall–Kier alpha value is -1.64. The SMILES string of the molecule is CC(C)=CC(=O)N(C)C(C)c1ccc(F)cc1. The molecular weight excluding hydrogens is 217 g/mol. The summed E-state index contributed by atoms with van der Waals surface area (Å²) in [7, 11) is 1.75. The number of halogens is 1. The molecule has 1 aromatic carbocycles. The zero-order valence-electron chi connectivity index (χ0n) is 10.7. The van der Waals surface area contributed by atoms with Crippen LogP contribution in [0.3, 0.4) is 0 Å². The van der Waals surface area contributed by atoms with Gasteiger partial charge in [-0.2, -0.15) is 0 Å². The predicted octanol–water partition coefficient (Wildman–Crippen LogP) is 3.31. The Morgan fingerprint density at radius 3 is 2.29 bits per heavy atom. The van der Waals surface area contributed by atoms with Gasteiger partial charge in [0, 0.05) is 13.1 Å². The topological polar surface area (TPSA) is 20.3 Å². The van der Waals surface area contributed by atoms with Gasteiger partial charge < -0.3 is 4.90 Å². The third kappa shape index (κ3) is 3.70. The Bertz CT molecular complexity index is 418. The van der Waals surface area contributed by atoms with Crippen molar-refractivity contribution >= 4 is 5.91 Å². The first-order valence-electron chi connectivity index (χ1n) is 5.59. The van der Waals surface area contributed by atoms with E-state index in [9.17, 15) is 9.18 Å². The van der Waals surface area contributed by atoms with Crippen LogP contribution in [-0.2, 0) is 4.79 Å². The van der Waals surface area contributed by atoms with E-state index in [-0.39, 0.29) is 17.8 Å². The maximum absolute atomic E-state index is 12.8. The minimum Gasteiger partial charge on any atom is -0.335 e. The zero-order chi connectivity index (χ0) is 13.0. The van der Waals surface area contributed by atoms with Crippen molar-refractivity contribution in [1.29, 1.82) is 0 Å². The van der Waals surface area contributed by atoms with Gasteiger partial charge in [0.2, 0.25) is 5.91 Å². The van der Waals surface area contributed by atoms with Crippen molar-refractivity contribution in [3.8, 4) is 0 Å². The lowest BCUT2D eigenvalue weighted by atomic mass is 10.1. The van der Waals surface area contributed by atoms with Crippen LogP contribution in [0.1, 0.15) is 32.4 Å². The summed E-state index contributed by atoms with van der Waals surface area (Å²) in [5.74, 6) is -0.305. The van der Waals surface area contributed by atoms with Gasteiger partial charge >= 0.3 is 0 Å². The van der Waals surface area contributed by atoms with Crippen molar-refractivity contribution in [3.05, 3.63) is 47.3 Å². The van der Waals surface area contributed by atoms with Crippen molar-refractivity contribution in [2.75, 3.05) is 7.05 Å². The molecule has 0 bridgehead atoms. The summed E-state index contributed by atoms with van der Waals surface area (Å²) in [6.45, 7) is 5.69. The van der Waals surface area contributed by atoms with Crippen molar-refractivity contribution in [3.63, 3.8) is 0 Å². The number of hydrogen-bond acceptors (Lipinski definition) is 1. The number of carbonyl (C=O) groups is 1. The molecule has 17 heavy (non-hydrogen) atoms. The largest absolute Gasteiger partial charge is 0.335 e. The van der Waals surface area contributed by atoms with Gasteiger partial charge in [-0.25, -0.2) is 4.39 Å². The molecule has 2 nitrogen and oxygen atoms in total. The Morgan fingerprint density at radius 1 is 1.29 bits per heavy atom. The molecular formula is C14H18FNO. The Morgan fingerprint density at radius 2 is 1.82 bits per heavy atom. The van der Waals surface area contributed by atoms with E-state index in [1.165, 1.54) is 12.1 Å². The van der Waals surface area contributed by atoms with Crippen LogP contribution in [0.15, 0.2) is 35.9 Å². The average Bonchev–Trinajstić information content (AvgIpc) is 2.27. The van der Waals surface area contributed by atoms with Gasteiger partial charge in [-0.3, -0.25) is 4.79 Å². The maximum atomic E-state index is 12.8. The molecule has 92 valence electrons. The third-order valence-electron chi connectivity index (χ3n) is 2.69. The summed E-state index contributed by atoms with van der Waals surface area (Å²) in [6, 6.07) is 6.15. The lowest BCUT2D eigenvalue weighted by Gasteiger charge is -2.24. The quantitative estimate of drug-likeness (QED) is 0.736. The number of nitrogens with zero attached hydrogens (tertiary/aromatic N) is 1. The summed E-state index contributed by atoms with van der Waals surface area (Å²) in [5, 5.41) is 0. The van der Waals surface area contributed by atoms with Crippen molar-refractivity contribution in [2.24, 2.45) is 0 Å². The molecule has 0 radical (unpaired) electrons. The number of likely N-dealkylation sites (N-methyl/N-ethyl adjacent to an activating group) is 1. The molecule has 0 aromatic heterocycles. The van der Waals surface area contributed by atoms with E-state index in [1.807, 2.05) is 20.8 Å². The Kier molecular flexibility index (Phi) is 4.44. The highest BCUT2D eigenvalue weighted by molar-refractivity contribution is 5.88. The first-order chi connectivity index (χ1) is 7.91. The predicted molar refractivity (Wildman–Crippen MR) is 67.0 cm³/mol. The lowest BCUT2D eigenvalue weighted by Crippen LogP contribution is -2.28. The number of benzene rings is 1. The summed E-state index contributed by atoms with van der Waals surface area (Å²) >= 11 is 0. The molecule has 0 aliphatic carbocycles. The van der Waals surface area contributed by atoms with Crippen LogP contribution in [0.2, 0.25) is 0 Å². The number of rotatable bonds is 3. The Balaban J connectivity index is 2.82. The molecule has 3 heteroatoms. The standard InChI is InChI=1S/C14H18FNO/c1-10(2)9-14(17)16(4)11(3)12-5-7-13(15)8-6-12/h5-9,11H,1-4H3. The second-order valence-corrected chi connectivity index (χ2v) is 4.40. The maximum Gasteiger partial charge on any atom is 0.246 e. The lowest BCUT2D eigenvalue weighted by molar-refractivity contribution is -0.126.